The molecule has 2 atom stereocenters. The van der Waals surface area contributed by atoms with E-state index in [4.69, 9.17) is 9.47 Å². The molecule has 0 saturated heterocycles. The third-order valence-electron chi connectivity index (χ3n) is 7.49. The minimum Gasteiger partial charge on any atom is -0.493 e. The molecule has 3 N–H and O–H groups in total. The van der Waals surface area contributed by atoms with Crippen molar-refractivity contribution in [1.82, 2.24) is 20.9 Å². The van der Waals surface area contributed by atoms with Gasteiger partial charge in [0, 0.05) is 20.0 Å². The molecule has 238 valence electrons. The van der Waals surface area contributed by atoms with Crippen LogP contribution in [0.3, 0.4) is 0 Å². The summed E-state index contributed by atoms with van der Waals surface area (Å²) in [6.07, 6.45) is 3.33. The maximum atomic E-state index is 13.5. The molecule has 10 nitrogen and oxygen atoms in total. The summed E-state index contributed by atoms with van der Waals surface area (Å²) >= 11 is 0. The lowest BCUT2D eigenvalue weighted by Crippen LogP contribution is -2.53. The largest absolute Gasteiger partial charge is 0.493 e. The van der Waals surface area contributed by atoms with Crippen molar-refractivity contribution in [2.24, 2.45) is 0 Å². The van der Waals surface area contributed by atoms with Crippen LogP contribution in [0.2, 0.25) is 0 Å². The van der Waals surface area contributed by atoms with Gasteiger partial charge in [-0.15, -0.1) is 0 Å². The highest BCUT2D eigenvalue weighted by Crippen LogP contribution is 2.19. The number of nitrogens with one attached hydrogen (secondary N) is 3. The fourth-order valence-electron chi connectivity index (χ4n) is 5.06. The number of amides is 4. The van der Waals surface area contributed by atoms with E-state index in [0.29, 0.717) is 31.1 Å². The number of fused-ring (bicyclic) bond motifs is 1. The van der Waals surface area contributed by atoms with Crippen molar-refractivity contribution in [2.45, 2.75) is 50.6 Å². The second-order valence-corrected chi connectivity index (χ2v) is 11.0. The van der Waals surface area contributed by atoms with Gasteiger partial charge in [-0.2, -0.15) is 0 Å². The van der Waals surface area contributed by atoms with E-state index in [0.717, 1.165) is 31.2 Å². The number of para-hydroxylation sites is 2. The van der Waals surface area contributed by atoms with Gasteiger partial charge in [0.2, 0.25) is 17.7 Å². The van der Waals surface area contributed by atoms with E-state index in [1.807, 2.05) is 60.7 Å². The Labute approximate surface area is 264 Å². The summed E-state index contributed by atoms with van der Waals surface area (Å²) < 4.78 is 11.6. The van der Waals surface area contributed by atoms with Crippen LogP contribution in [0.15, 0.2) is 84.9 Å². The molecule has 0 fully saturated rings. The Morgan fingerprint density at radius 2 is 1.58 bits per heavy atom. The highest BCUT2D eigenvalue weighted by Gasteiger charge is 2.29. The number of benzene rings is 3. The molecule has 45 heavy (non-hydrogen) atoms. The maximum Gasteiger partial charge on any atom is 0.255 e. The zero-order chi connectivity index (χ0) is 31.9. The molecule has 1 heterocycles. The van der Waals surface area contributed by atoms with Crippen LogP contribution >= 0.6 is 0 Å². The Balaban J connectivity index is 1.53. The van der Waals surface area contributed by atoms with Crippen LogP contribution in [0.1, 0.15) is 48.0 Å². The molecule has 0 aliphatic carbocycles. The van der Waals surface area contributed by atoms with E-state index in [-0.39, 0.29) is 31.0 Å². The molecule has 0 saturated carbocycles. The van der Waals surface area contributed by atoms with Crippen LogP contribution in [0, 0.1) is 0 Å². The van der Waals surface area contributed by atoms with Crippen LogP contribution < -0.4 is 25.4 Å². The fraction of sp³-hybridized carbons (Fsp3) is 0.371. The lowest BCUT2D eigenvalue weighted by Gasteiger charge is -2.26. The van der Waals surface area contributed by atoms with E-state index < -0.39 is 29.8 Å². The van der Waals surface area contributed by atoms with Gasteiger partial charge in [-0.25, -0.2) is 0 Å². The summed E-state index contributed by atoms with van der Waals surface area (Å²) in [5, 5.41) is 8.33. The van der Waals surface area contributed by atoms with E-state index in [9.17, 15) is 19.2 Å². The van der Waals surface area contributed by atoms with Crippen LogP contribution in [-0.4, -0.2) is 74.0 Å². The van der Waals surface area contributed by atoms with Crippen molar-refractivity contribution in [3.05, 3.63) is 96.1 Å². The van der Waals surface area contributed by atoms with E-state index >= 15 is 0 Å². The minimum atomic E-state index is -1.22. The molecule has 10 heteroatoms. The van der Waals surface area contributed by atoms with Crippen molar-refractivity contribution in [2.75, 3.05) is 33.4 Å². The summed E-state index contributed by atoms with van der Waals surface area (Å²) in [5.74, 6) is -0.781. The lowest BCUT2D eigenvalue weighted by molar-refractivity contribution is -0.136. The monoisotopic (exact) mass is 614 g/mol. The molecule has 1 aliphatic rings. The molecular weight excluding hydrogens is 572 g/mol. The number of carbonyl (C=O) groups excluding carboxylic acids is 4. The van der Waals surface area contributed by atoms with Gasteiger partial charge in [-0.1, -0.05) is 73.5 Å². The number of nitrogens with zero attached hydrogens (tertiary/aromatic N) is 1. The number of ether oxygens (including phenoxy) is 2. The summed E-state index contributed by atoms with van der Waals surface area (Å²) in [7, 11) is 1.73. The van der Waals surface area contributed by atoms with Crippen molar-refractivity contribution < 1.29 is 28.7 Å². The predicted octanol–water partition coefficient (Wildman–Crippen LogP) is 3.51. The van der Waals surface area contributed by atoms with E-state index in [1.54, 1.807) is 36.2 Å². The van der Waals surface area contributed by atoms with Gasteiger partial charge in [0.1, 0.15) is 30.2 Å². The van der Waals surface area contributed by atoms with Crippen LogP contribution in [0.25, 0.3) is 0 Å². The van der Waals surface area contributed by atoms with Crippen molar-refractivity contribution in [3.8, 4) is 11.5 Å². The first-order valence-electron chi connectivity index (χ1n) is 15.5. The number of hydrogen-bond donors (Lipinski definition) is 3. The number of likely N-dealkylation sites (N-methyl/N-ethyl adjacent to an activating group) is 1. The molecule has 0 radical (unpaired) electrons. The topological polar surface area (TPSA) is 126 Å². The quantitative estimate of drug-likeness (QED) is 0.350. The summed E-state index contributed by atoms with van der Waals surface area (Å²) in [6.45, 7) is 1.32. The van der Waals surface area contributed by atoms with Gasteiger partial charge < -0.3 is 30.3 Å². The van der Waals surface area contributed by atoms with Gasteiger partial charge >= 0.3 is 0 Å². The van der Waals surface area contributed by atoms with Gasteiger partial charge in [0.25, 0.3) is 5.91 Å². The van der Waals surface area contributed by atoms with Gasteiger partial charge in [0.05, 0.1) is 25.1 Å². The van der Waals surface area contributed by atoms with Gasteiger partial charge in [-0.05, 0) is 42.7 Å². The average molecular weight is 615 g/mol. The first kappa shape index (κ1) is 33.0. The number of carbonyl (C=O) groups is 4. The SMILES string of the molecule is CN1CCCCCCOc2ccccc2C(=O)N[C@H](C(=O)NCCOc2ccccc2)CC(=O)N[C@@H](Cc2ccccc2)C1=O. The summed E-state index contributed by atoms with van der Waals surface area (Å²) in [5.41, 5.74) is 1.16. The Hall–Kier alpha value is -4.86. The Morgan fingerprint density at radius 3 is 2.36 bits per heavy atom. The highest BCUT2D eigenvalue weighted by atomic mass is 16.5. The second kappa shape index (κ2) is 17.4. The smallest absolute Gasteiger partial charge is 0.255 e. The van der Waals surface area contributed by atoms with E-state index in [1.165, 1.54) is 0 Å². The second-order valence-electron chi connectivity index (χ2n) is 11.0. The number of hydrogen-bond acceptors (Lipinski definition) is 6. The van der Waals surface area contributed by atoms with Crippen LogP contribution in [0.4, 0.5) is 0 Å². The fourth-order valence-corrected chi connectivity index (χ4v) is 5.06. The molecule has 4 amide bonds. The molecule has 0 spiro atoms. The van der Waals surface area contributed by atoms with Crippen molar-refractivity contribution >= 4 is 23.6 Å². The molecule has 0 bridgehead atoms. The molecule has 4 rings (SSSR count). The third-order valence-corrected chi connectivity index (χ3v) is 7.49. The van der Waals surface area contributed by atoms with Crippen molar-refractivity contribution in [3.63, 3.8) is 0 Å². The maximum absolute atomic E-state index is 13.5. The Morgan fingerprint density at radius 1 is 0.889 bits per heavy atom. The van der Waals surface area contributed by atoms with Crippen LogP contribution in [0.5, 0.6) is 11.5 Å². The van der Waals surface area contributed by atoms with Gasteiger partial charge in [-0.3, -0.25) is 19.2 Å². The summed E-state index contributed by atoms with van der Waals surface area (Å²) in [4.78, 5) is 55.4. The third kappa shape index (κ3) is 10.7. The minimum absolute atomic E-state index is 0.154. The standard InChI is InChI=1S/C35H42N4O6/c1-39-21-12-2-3-13-22-45-31-19-11-10-18-28(31)33(41)38-29(34(42)36-20-23-44-27-16-8-5-9-17-27)25-32(40)37-30(35(39)43)24-26-14-6-4-7-15-26/h4-11,14-19,29-30H,2-3,12-13,20-25H2,1H3,(H,36,42)(H,37,40)(H,38,41)/t29-,30-/m0/s1. The average Bonchev–Trinajstić information content (AvgIpc) is 3.05. The normalized spacial score (nSPS) is 18.7. The Kier molecular flexibility index (Phi) is 12.8. The molecule has 3 aromatic rings. The number of rotatable bonds is 7. The first-order chi connectivity index (χ1) is 21.9. The van der Waals surface area contributed by atoms with Gasteiger partial charge in [0.15, 0.2) is 0 Å². The van der Waals surface area contributed by atoms with Crippen LogP contribution in [-0.2, 0) is 20.8 Å². The van der Waals surface area contributed by atoms with Crippen molar-refractivity contribution in [1.29, 1.82) is 0 Å². The molecule has 1 aliphatic heterocycles. The highest BCUT2D eigenvalue weighted by molar-refractivity contribution is 6.01. The Bertz CT molecular complexity index is 1400. The lowest BCUT2D eigenvalue weighted by atomic mass is 10.0. The molecular formula is C35H42N4O6. The molecule has 0 aromatic heterocycles. The molecule has 3 aromatic carbocycles. The zero-order valence-electron chi connectivity index (χ0n) is 25.7. The molecule has 0 unspecified atom stereocenters. The van der Waals surface area contributed by atoms with E-state index in [2.05, 4.69) is 16.0 Å². The predicted molar refractivity (Wildman–Crippen MR) is 171 cm³/mol. The first-order valence-corrected chi connectivity index (χ1v) is 15.5. The summed E-state index contributed by atoms with van der Waals surface area (Å²) in [6, 6.07) is 23.4. The zero-order valence-corrected chi connectivity index (χ0v) is 25.7.